The zero-order valence-electron chi connectivity index (χ0n) is 9.56. The maximum absolute atomic E-state index is 10.7. The van der Waals surface area contributed by atoms with Crippen LogP contribution < -0.4 is 11.3 Å². The maximum Gasteiger partial charge on any atom is 0.293 e. The van der Waals surface area contributed by atoms with E-state index in [2.05, 4.69) is 10.3 Å². The number of rotatable bonds is 4. The number of nitro groups is 1. The van der Waals surface area contributed by atoms with Gasteiger partial charge in [0.05, 0.1) is 4.92 Å². The standard InChI is InChI=1S/C11H16N4O2/c12-13-10-7-9(3-4-11(10)15(16)17)8-14-5-1-2-6-14/h3-4,7,13H,1-2,5-6,8,12H2. The lowest BCUT2D eigenvalue weighted by Crippen LogP contribution is -2.18. The van der Waals surface area contributed by atoms with Crippen molar-refractivity contribution in [3.05, 3.63) is 33.9 Å². The Morgan fingerprint density at radius 2 is 2.12 bits per heavy atom. The molecule has 6 nitrogen and oxygen atoms in total. The quantitative estimate of drug-likeness (QED) is 0.470. The van der Waals surface area contributed by atoms with Crippen molar-refractivity contribution in [3.63, 3.8) is 0 Å². The van der Waals surface area contributed by atoms with Gasteiger partial charge in [0.2, 0.25) is 0 Å². The Hall–Kier alpha value is -1.66. The molecule has 1 saturated heterocycles. The highest BCUT2D eigenvalue weighted by molar-refractivity contribution is 5.62. The van der Waals surface area contributed by atoms with Gasteiger partial charge in [0.25, 0.3) is 5.69 Å². The van der Waals surface area contributed by atoms with Gasteiger partial charge in [-0.1, -0.05) is 6.07 Å². The molecule has 1 aromatic rings. The zero-order chi connectivity index (χ0) is 12.3. The average Bonchev–Trinajstić information content (AvgIpc) is 2.81. The van der Waals surface area contributed by atoms with E-state index in [1.54, 1.807) is 12.1 Å². The minimum Gasteiger partial charge on any atom is -0.318 e. The van der Waals surface area contributed by atoms with Crippen LogP contribution in [0.1, 0.15) is 18.4 Å². The molecule has 1 fully saturated rings. The fourth-order valence-corrected chi connectivity index (χ4v) is 2.16. The molecule has 0 amide bonds. The summed E-state index contributed by atoms with van der Waals surface area (Å²) >= 11 is 0. The lowest BCUT2D eigenvalue weighted by molar-refractivity contribution is -0.384. The first-order valence-corrected chi connectivity index (χ1v) is 5.67. The van der Waals surface area contributed by atoms with E-state index in [1.165, 1.54) is 18.9 Å². The van der Waals surface area contributed by atoms with Crippen LogP contribution in [0.15, 0.2) is 18.2 Å². The second-order valence-corrected chi connectivity index (χ2v) is 4.24. The summed E-state index contributed by atoms with van der Waals surface area (Å²) < 4.78 is 0. The van der Waals surface area contributed by atoms with Crippen molar-refractivity contribution in [3.8, 4) is 0 Å². The van der Waals surface area contributed by atoms with Gasteiger partial charge in [-0.2, -0.15) is 0 Å². The first-order chi connectivity index (χ1) is 8.20. The smallest absolute Gasteiger partial charge is 0.293 e. The number of hydrogen-bond donors (Lipinski definition) is 2. The molecule has 0 aliphatic carbocycles. The number of nitrogens with two attached hydrogens (primary N) is 1. The second-order valence-electron chi connectivity index (χ2n) is 4.24. The Morgan fingerprint density at radius 3 is 2.71 bits per heavy atom. The topological polar surface area (TPSA) is 84.4 Å². The number of hydrazine groups is 1. The Balaban J connectivity index is 2.15. The van der Waals surface area contributed by atoms with Crippen molar-refractivity contribution in [1.82, 2.24) is 4.90 Å². The predicted octanol–water partition coefficient (Wildman–Crippen LogP) is 1.48. The Bertz CT molecular complexity index is 416. The Kier molecular flexibility index (Phi) is 3.55. The van der Waals surface area contributed by atoms with E-state index < -0.39 is 4.92 Å². The summed E-state index contributed by atoms with van der Waals surface area (Å²) in [7, 11) is 0. The molecular formula is C11H16N4O2. The largest absolute Gasteiger partial charge is 0.318 e. The van der Waals surface area contributed by atoms with E-state index in [0.29, 0.717) is 5.69 Å². The monoisotopic (exact) mass is 236 g/mol. The highest BCUT2D eigenvalue weighted by atomic mass is 16.6. The van der Waals surface area contributed by atoms with E-state index in [-0.39, 0.29) is 5.69 Å². The maximum atomic E-state index is 10.7. The molecule has 1 aliphatic rings. The SMILES string of the molecule is NNc1cc(CN2CCCC2)ccc1[N+](=O)[O-]. The number of likely N-dealkylation sites (tertiary alicyclic amines) is 1. The molecule has 6 heteroatoms. The summed E-state index contributed by atoms with van der Waals surface area (Å²) in [5.41, 5.74) is 3.81. The van der Waals surface area contributed by atoms with E-state index in [9.17, 15) is 10.1 Å². The van der Waals surface area contributed by atoms with Gasteiger partial charge in [0.1, 0.15) is 5.69 Å². The molecular weight excluding hydrogens is 220 g/mol. The van der Waals surface area contributed by atoms with Crippen LogP contribution in [0.25, 0.3) is 0 Å². The second kappa shape index (κ2) is 5.11. The van der Waals surface area contributed by atoms with Crippen molar-refractivity contribution in [2.24, 2.45) is 5.84 Å². The van der Waals surface area contributed by atoms with Crippen LogP contribution >= 0.6 is 0 Å². The number of anilines is 1. The van der Waals surface area contributed by atoms with Crippen molar-refractivity contribution in [1.29, 1.82) is 0 Å². The average molecular weight is 236 g/mol. The van der Waals surface area contributed by atoms with Crippen LogP contribution in [-0.2, 0) is 6.54 Å². The van der Waals surface area contributed by atoms with Gasteiger partial charge in [-0.3, -0.25) is 20.9 Å². The fourth-order valence-electron chi connectivity index (χ4n) is 2.16. The molecule has 0 aromatic heterocycles. The van der Waals surface area contributed by atoms with Crippen LogP contribution in [0.3, 0.4) is 0 Å². The molecule has 0 bridgehead atoms. The molecule has 0 atom stereocenters. The van der Waals surface area contributed by atoms with Crippen molar-refractivity contribution >= 4 is 11.4 Å². The van der Waals surface area contributed by atoms with Crippen molar-refractivity contribution < 1.29 is 4.92 Å². The molecule has 17 heavy (non-hydrogen) atoms. The van der Waals surface area contributed by atoms with Crippen LogP contribution in [0.2, 0.25) is 0 Å². The molecule has 1 aliphatic heterocycles. The zero-order valence-corrected chi connectivity index (χ0v) is 9.56. The third-order valence-electron chi connectivity index (χ3n) is 3.02. The van der Waals surface area contributed by atoms with Crippen molar-refractivity contribution in [2.45, 2.75) is 19.4 Å². The molecule has 92 valence electrons. The Morgan fingerprint density at radius 1 is 1.41 bits per heavy atom. The number of nitrogen functional groups attached to an aromatic ring is 1. The van der Waals surface area contributed by atoms with Gasteiger partial charge in [0, 0.05) is 12.6 Å². The summed E-state index contributed by atoms with van der Waals surface area (Å²) in [5.74, 6) is 5.30. The van der Waals surface area contributed by atoms with E-state index in [0.717, 1.165) is 25.2 Å². The highest BCUT2D eigenvalue weighted by Crippen LogP contribution is 2.25. The summed E-state index contributed by atoms with van der Waals surface area (Å²) in [5, 5.41) is 10.7. The molecule has 0 unspecified atom stereocenters. The normalized spacial score (nSPS) is 16.1. The molecule has 0 saturated carbocycles. The number of nitrogens with zero attached hydrogens (tertiary/aromatic N) is 2. The first-order valence-electron chi connectivity index (χ1n) is 5.67. The first kappa shape index (κ1) is 11.8. The van der Waals surface area contributed by atoms with Gasteiger partial charge in [-0.25, -0.2) is 0 Å². The lowest BCUT2D eigenvalue weighted by atomic mass is 10.1. The van der Waals surface area contributed by atoms with Crippen LogP contribution in [0.4, 0.5) is 11.4 Å². The molecule has 3 N–H and O–H groups in total. The predicted molar refractivity (Wildman–Crippen MR) is 65.4 cm³/mol. The van der Waals surface area contributed by atoms with E-state index in [1.807, 2.05) is 0 Å². The number of nitrogens with one attached hydrogen (secondary N) is 1. The molecule has 1 aromatic carbocycles. The number of hydrogen-bond acceptors (Lipinski definition) is 5. The molecule has 2 rings (SSSR count). The number of benzene rings is 1. The highest BCUT2D eigenvalue weighted by Gasteiger charge is 2.16. The summed E-state index contributed by atoms with van der Waals surface area (Å²) in [6, 6.07) is 5.04. The lowest BCUT2D eigenvalue weighted by Gasteiger charge is -2.15. The van der Waals surface area contributed by atoms with Gasteiger partial charge in [-0.15, -0.1) is 0 Å². The van der Waals surface area contributed by atoms with Crippen LogP contribution in [0, 0.1) is 10.1 Å². The minimum absolute atomic E-state index is 0.0117. The fraction of sp³-hybridized carbons (Fsp3) is 0.455. The van der Waals surface area contributed by atoms with Gasteiger partial charge >= 0.3 is 0 Å². The number of nitro benzene ring substituents is 1. The van der Waals surface area contributed by atoms with Gasteiger partial charge in [0.15, 0.2) is 0 Å². The van der Waals surface area contributed by atoms with Crippen molar-refractivity contribution in [2.75, 3.05) is 18.5 Å². The van der Waals surface area contributed by atoms with Crippen LogP contribution in [-0.4, -0.2) is 22.9 Å². The van der Waals surface area contributed by atoms with E-state index in [4.69, 9.17) is 5.84 Å². The molecule has 0 spiro atoms. The Labute approximate surface area is 99.5 Å². The van der Waals surface area contributed by atoms with Gasteiger partial charge < -0.3 is 5.43 Å². The minimum atomic E-state index is -0.436. The molecule has 0 radical (unpaired) electrons. The summed E-state index contributed by atoms with van der Waals surface area (Å²) in [6.07, 6.45) is 2.46. The summed E-state index contributed by atoms with van der Waals surface area (Å²) in [4.78, 5) is 12.6. The molecule has 1 heterocycles. The summed E-state index contributed by atoms with van der Waals surface area (Å²) in [6.45, 7) is 3.03. The van der Waals surface area contributed by atoms with E-state index >= 15 is 0 Å². The van der Waals surface area contributed by atoms with Gasteiger partial charge in [-0.05, 0) is 37.6 Å². The third-order valence-corrected chi connectivity index (χ3v) is 3.02. The van der Waals surface area contributed by atoms with Crippen LogP contribution in [0.5, 0.6) is 0 Å². The third kappa shape index (κ3) is 2.72.